The van der Waals surface area contributed by atoms with E-state index in [2.05, 4.69) is 5.32 Å². The van der Waals surface area contributed by atoms with Gasteiger partial charge in [0, 0.05) is 13.5 Å². The highest BCUT2D eigenvalue weighted by atomic mass is 19.1. The molecule has 0 saturated carbocycles. The summed E-state index contributed by atoms with van der Waals surface area (Å²) < 4.78 is 83.2. The average molecular weight is 1100 g/mol. The number of halogens is 1. The lowest BCUT2D eigenvalue weighted by molar-refractivity contribution is -0.393. The molecular formula is C44H76FNO29. The molecule has 17 N–H and O–H groups in total. The normalized spacial score (nSPS) is 48.9. The van der Waals surface area contributed by atoms with Crippen molar-refractivity contribution in [1.82, 2.24) is 5.32 Å². The number of hydrogen-bond donors (Lipinski definition) is 17. The van der Waals surface area contributed by atoms with Crippen LogP contribution < -0.4 is 5.32 Å². The Bertz CT molecular complexity index is 1720. The third-order valence-electron chi connectivity index (χ3n) is 14.0. The lowest BCUT2D eigenvalue weighted by atomic mass is 9.94. The Kier molecular flexibility index (Phi) is 23.4. The van der Waals surface area contributed by atoms with E-state index in [1.807, 2.05) is 6.92 Å². The van der Waals surface area contributed by atoms with Gasteiger partial charge in [0.2, 0.25) is 5.91 Å². The largest absolute Gasteiger partial charge is 0.394 e. The average Bonchev–Trinajstić information content (AvgIpc) is 3.39. The first-order valence-electron chi connectivity index (χ1n) is 24.9. The maximum absolute atomic E-state index is 14.4. The summed E-state index contributed by atoms with van der Waals surface area (Å²) in [5.41, 5.74) is 0. The molecule has 6 fully saturated rings. The number of ether oxygens (including phenoxy) is 12. The monoisotopic (exact) mass is 1100 g/mol. The second-order valence-electron chi connectivity index (χ2n) is 19.4. The van der Waals surface area contributed by atoms with Gasteiger partial charge in [0.1, 0.15) is 147 Å². The molecule has 438 valence electrons. The molecule has 6 aliphatic heterocycles. The van der Waals surface area contributed by atoms with Gasteiger partial charge in [-0.25, -0.2) is 4.39 Å². The second-order valence-corrected chi connectivity index (χ2v) is 19.4. The SMILES string of the molecule is CCCCCCO[C@@H]1OC(CF)[C@@H](O[C@@H]2OC(CO)[C@H](O[C@H]3OC(CO)[C@H](O)[C@H](O[C@@H]4OC(CO)[C@H](O)[C@H](O[C@@H]5OC(CO)[C@H](O)[C@H](O)C5O[C@@H]5OC(C)[C@@H](O)[C@H](O)C5O)C4NC(C)=O)C3O)[C@H](O)C2O)[C@H](O)C1O. The fourth-order valence-corrected chi connectivity index (χ4v) is 9.67. The molecule has 30 nitrogen and oxygen atoms in total. The number of alkyl halides is 1. The fraction of sp³-hybridized carbons (Fsp3) is 0.977. The third-order valence-corrected chi connectivity index (χ3v) is 14.0. The molecule has 0 radical (unpaired) electrons. The summed E-state index contributed by atoms with van der Waals surface area (Å²) >= 11 is 0. The number of rotatable bonds is 22. The number of nitrogens with one attached hydrogen (secondary N) is 1. The van der Waals surface area contributed by atoms with E-state index in [0.717, 1.165) is 26.2 Å². The first-order valence-corrected chi connectivity index (χ1v) is 24.9. The van der Waals surface area contributed by atoms with E-state index in [4.69, 9.17) is 56.8 Å². The molecule has 1 amide bonds. The van der Waals surface area contributed by atoms with Crippen molar-refractivity contribution in [2.75, 3.05) is 39.7 Å². The summed E-state index contributed by atoms with van der Waals surface area (Å²) in [7, 11) is 0. The molecule has 0 aromatic rings. The zero-order valence-electron chi connectivity index (χ0n) is 41.2. The van der Waals surface area contributed by atoms with E-state index in [9.17, 15) is 90.9 Å². The predicted octanol–water partition coefficient (Wildman–Crippen LogP) is -9.35. The standard InChI is InChI=1S/C44H76FNO29/c1-4-5-6-7-8-64-40-31(61)28(58)34(16(9-45)66-40)71-42-32(62)29(59)35(20(13-50)70-42)72-43-33(63)37(25(55)19(12-49)68-43)74-39-21(46-15(3)51)36(24(54)18(11-48)67-39)73-44-38(27(57)23(53)17(10-47)69-44)75-41-30(60)26(56)22(52)14(2)65-41/h14,16-44,47-50,52-63H,4-13H2,1-3H3,(H,46,51)/t14?,16?,17?,18?,19?,20?,21?,22-,23+,24+,25+,26+,27+,28-,29-,30?,31?,32?,33?,34-,35+,36-,37+,38?,39+,40-,41+,42+,43-,44+/m1/s1. The Labute approximate surface area is 428 Å². The zero-order chi connectivity index (χ0) is 55.2. The molecule has 0 aromatic heterocycles. The molecule has 6 heterocycles. The van der Waals surface area contributed by atoms with E-state index in [1.54, 1.807) is 0 Å². The zero-order valence-corrected chi connectivity index (χ0v) is 41.2. The number of hydrogen-bond acceptors (Lipinski definition) is 29. The van der Waals surface area contributed by atoms with Crippen molar-refractivity contribution in [2.24, 2.45) is 0 Å². The predicted molar refractivity (Wildman–Crippen MR) is 236 cm³/mol. The molecule has 0 aromatic carbocycles. The van der Waals surface area contributed by atoms with Gasteiger partial charge in [0.15, 0.2) is 37.7 Å². The lowest BCUT2D eigenvalue weighted by Crippen LogP contribution is -2.70. The minimum Gasteiger partial charge on any atom is -0.394 e. The Morgan fingerprint density at radius 2 is 0.880 bits per heavy atom. The fourth-order valence-electron chi connectivity index (χ4n) is 9.67. The van der Waals surface area contributed by atoms with Crippen molar-refractivity contribution in [2.45, 2.75) is 231 Å². The van der Waals surface area contributed by atoms with Gasteiger partial charge < -0.3 is 144 Å². The van der Waals surface area contributed by atoms with Crippen LogP contribution in [0.5, 0.6) is 0 Å². The van der Waals surface area contributed by atoms with Crippen molar-refractivity contribution < 1.29 is 148 Å². The van der Waals surface area contributed by atoms with Crippen LogP contribution in [0, 0.1) is 0 Å². The van der Waals surface area contributed by atoms with Gasteiger partial charge in [0.05, 0.1) is 32.5 Å². The minimum atomic E-state index is -2.22. The Balaban J connectivity index is 1.20. The summed E-state index contributed by atoms with van der Waals surface area (Å²) in [6, 6.07) is -1.79. The molecule has 31 heteroatoms. The maximum atomic E-state index is 14.4. The van der Waals surface area contributed by atoms with Gasteiger partial charge in [-0.2, -0.15) is 0 Å². The van der Waals surface area contributed by atoms with E-state index in [-0.39, 0.29) is 6.61 Å². The van der Waals surface area contributed by atoms with Crippen LogP contribution in [0.2, 0.25) is 0 Å². The number of carbonyl (C=O) groups excluding carboxylic acids is 1. The molecule has 6 rings (SSSR count). The van der Waals surface area contributed by atoms with Gasteiger partial charge >= 0.3 is 0 Å². The molecule has 30 atom stereocenters. The quantitative estimate of drug-likeness (QED) is 0.0448. The Hall–Kier alpha value is -1.72. The van der Waals surface area contributed by atoms with E-state index < -0.39 is 223 Å². The van der Waals surface area contributed by atoms with E-state index >= 15 is 0 Å². The van der Waals surface area contributed by atoms with Gasteiger partial charge in [-0.15, -0.1) is 0 Å². The van der Waals surface area contributed by atoms with Crippen LogP contribution in [0.25, 0.3) is 0 Å². The van der Waals surface area contributed by atoms with Crippen LogP contribution in [0.3, 0.4) is 0 Å². The molecule has 0 bridgehead atoms. The number of aliphatic hydroxyl groups excluding tert-OH is 16. The molecular weight excluding hydrogens is 1030 g/mol. The Morgan fingerprint density at radius 3 is 1.47 bits per heavy atom. The van der Waals surface area contributed by atoms with Crippen LogP contribution in [0.4, 0.5) is 4.39 Å². The van der Waals surface area contributed by atoms with Crippen molar-refractivity contribution in [3.05, 3.63) is 0 Å². The van der Waals surface area contributed by atoms with Gasteiger partial charge in [-0.05, 0) is 13.3 Å². The van der Waals surface area contributed by atoms with Gasteiger partial charge in [0.25, 0.3) is 0 Å². The number of carbonyl (C=O) groups is 1. The summed E-state index contributed by atoms with van der Waals surface area (Å²) in [6.45, 7) is -0.816. The number of amides is 1. The van der Waals surface area contributed by atoms with Crippen molar-refractivity contribution >= 4 is 5.91 Å². The molecule has 75 heavy (non-hydrogen) atoms. The van der Waals surface area contributed by atoms with Crippen LogP contribution in [-0.4, -0.2) is 311 Å². The lowest BCUT2D eigenvalue weighted by Gasteiger charge is -2.51. The first-order chi connectivity index (χ1) is 35.7. The highest BCUT2D eigenvalue weighted by Gasteiger charge is 2.58. The molecule has 0 spiro atoms. The maximum Gasteiger partial charge on any atom is 0.217 e. The summed E-state index contributed by atoms with van der Waals surface area (Å²) in [5, 5.41) is 176. The van der Waals surface area contributed by atoms with Gasteiger partial charge in [-0.1, -0.05) is 26.2 Å². The van der Waals surface area contributed by atoms with Crippen molar-refractivity contribution in [3.63, 3.8) is 0 Å². The molecule has 6 saturated heterocycles. The van der Waals surface area contributed by atoms with Crippen LogP contribution in [0.1, 0.15) is 46.5 Å². The van der Waals surface area contributed by atoms with Crippen LogP contribution in [-0.2, 0) is 61.6 Å². The minimum absolute atomic E-state index is 0.126. The van der Waals surface area contributed by atoms with E-state index in [1.165, 1.54) is 6.92 Å². The summed E-state index contributed by atoms with van der Waals surface area (Å²) in [4.78, 5) is 12.8. The van der Waals surface area contributed by atoms with Crippen molar-refractivity contribution in [3.8, 4) is 0 Å². The van der Waals surface area contributed by atoms with E-state index in [0.29, 0.717) is 6.42 Å². The smallest absolute Gasteiger partial charge is 0.217 e. The van der Waals surface area contributed by atoms with Crippen LogP contribution >= 0.6 is 0 Å². The first kappa shape index (κ1) is 62.5. The topological polar surface area (TPSA) is 464 Å². The highest BCUT2D eigenvalue weighted by molar-refractivity contribution is 5.73. The van der Waals surface area contributed by atoms with Crippen molar-refractivity contribution in [1.29, 1.82) is 0 Å². The van der Waals surface area contributed by atoms with Crippen LogP contribution in [0.15, 0.2) is 0 Å². The summed E-state index contributed by atoms with van der Waals surface area (Å²) in [5.74, 6) is -0.861. The molecule has 12 unspecified atom stereocenters. The Morgan fingerprint density at radius 1 is 0.440 bits per heavy atom. The third kappa shape index (κ3) is 14.1. The number of aliphatic hydroxyl groups is 16. The highest BCUT2D eigenvalue weighted by Crippen LogP contribution is 2.37. The van der Waals surface area contributed by atoms with Gasteiger partial charge in [-0.3, -0.25) is 4.79 Å². The molecule has 0 aliphatic carbocycles. The number of unbranched alkanes of at least 4 members (excludes halogenated alkanes) is 3. The molecule has 6 aliphatic rings. The second kappa shape index (κ2) is 28.1. The summed E-state index contributed by atoms with van der Waals surface area (Å²) in [6.07, 6.45) is -50.6.